The highest BCUT2D eigenvalue weighted by Gasteiger charge is 2.67. The minimum absolute atomic E-state index is 0.237. The normalized spacial score (nSPS) is 26.2. The second kappa shape index (κ2) is 6.97. The van der Waals surface area contributed by atoms with Crippen LogP contribution in [0.5, 0.6) is 0 Å². The fraction of sp³-hybridized carbons (Fsp3) is 0.611. The van der Waals surface area contributed by atoms with Crippen molar-refractivity contribution in [3.8, 4) is 0 Å². The molecule has 1 unspecified atom stereocenters. The van der Waals surface area contributed by atoms with Crippen molar-refractivity contribution >= 4 is 44.8 Å². The lowest BCUT2D eigenvalue weighted by Crippen LogP contribution is -2.32. The van der Waals surface area contributed by atoms with Gasteiger partial charge >= 0.3 is 0 Å². The van der Waals surface area contributed by atoms with Crippen LogP contribution in [0.1, 0.15) is 44.6 Å². The van der Waals surface area contributed by atoms with Crippen LogP contribution in [0.3, 0.4) is 0 Å². The Morgan fingerprint density at radius 2 is 1.73 bits per heavy atom. The number of hydrogen-bond donors (Lipinski definition) is 1. The number of carbonyl (C=O) groups excluding carboxylic acids is 1. The molecule has 0 radical (unpaired) electrons. The van der Waals surface area contributed by atoms with Crippen LogP contribution in [-0.2, 0) is 14.8 Å². The lowest BCUT2D eigenvalue weighted by molar-refractivity contribution is -0.120. The number of rotatable bonds is 4. The second-order valence-corrected chi connectivity index (χ2v) is 10.9. The van der Waals surface area contributed by atoms with Gasteiger partial charge in [0.25, 0.3) is 0 Å². The Hall–Kier alpha value is -0.820. The van der Waals surface area contributed by atoms with Crippen molar-refractivity contribution in [2.45, 2.75) is 55.2 Å². The molecular formula is C18H24Cl2N2O3S. The molecule has 1 saturated carbocycles. The highest BCUT2D eigenvalue weighted by Crippen LogP contribution is 2.64. The minimum Gasteiger partial charge on any atom is -0.325 e. The summed E-state index contributed by atoms with van der Waals surface area (Å²) in [6.45, 7) is 4.54. The Kier molecular flexibility index (Phi) is 5.34. The summed E-state index contributed by atoms with van der Waals surface area (Å²) in [5.74, 6) is -0.301. The lowest BCUT2D eigenvalue weighted by Gasteiger charge is -2.22. The first-order chi connectivity index (χ1) is 12.1. The molecule has 5 nitrogen and oxygen atoms in total. The fourth-order valence-corrected chi connectivity index (χ4v) is 5.77. The van der Waals surface area contributed by atoms with Crippen LogP contribution in [0, 0.1) is 12.3 Å². The van der Waals surface area contributed by atoms with Crippen molar-refractivity contribution in [3.05, 3.63) is 23.8 Å². The number of nitrogens with one attached hydrogen (secondary N) is 1. The topological polar surface area (TPSA) is 66.5 Å². The zero-order valence-electron chi connectivity index (χ0n) is 15.0. The van der Waals surface area contributed by atoms with Gasteiger partial charge in [0.2, 0.25) is 15.9 Å². The molecule has 1 N–H and O–H groups in total. The SMILES string of the molecule is Cc1ccc(NC(=O)C2(C)CC2(Cl)Cl)cc1S(=O)(=O)N1CCCCCC1. The van der Waals surface area contributed by atoms with Gasteiger partial charge in [0.15, 0.2) is 0 Å². The van der Waals surface area contributed by atoms with Crippen LogP contribution in [0.4, 0.5) is 5.69 Å². The van der Waals surface area contributed by atoms with Crippen LogP contribution < -0.4 is 5.32 Å². The number of halogens is 2. The molecular weight excluding hydrogens is 395 g/mol. The molecule has 1 heterocycles. The van der Waals surface area contributed by atoms with Crippen molar-refractivity contribution < 1.29 is 13.2 Å². The maximum Gasteiger partial charge on any atom is 0.243 e. The molecule has 144 valence electrons. The van der Waals surface area contributed by atoms with Gasteiger partial charge in [0.05, 0.1) is 10.3 Å². The van der Waals surface area contributed by atoms with E-state index in [1.807, 2.05) is 0 Å². The number of benzene rings is 1. The standard InChI is InChI=1S/C18H24Cl2N2O3S/c1-13-7-8-14(21-16(23)17(2)12-18(17,19)20)11-15(13)26(24,25)22-9-5-3-4-6-10-22/h7-8,11H,3-6,9-10,12H2,1-2H3,(H,21,23). The van der Waals surface area contributed by atoms with Gasteiger partial charge in [-0.1, -0.05) is 18.9 Å². The summed E-state index contributed by atoms with van der Waals surface area (Å²) in [5.41, 5.74) is 0.241. The van der Waals surface area contributed by atoms with E-state index in [9.17, 15) is 13.2 Å². The summed E-state index contributed by atoms with van der Waals surface area (Å²) >= 11 is 12.1. The molecule has 1 atom stereocenters. The highest BCUT2D eigenvalue weighted by atomic mass is 35.5. The average molecular weight is 419 g/mol. The van der Waals surface area contributed by atoms with Gasteiger partial charge in [0, 0.05) is 18.8 Å². The minimum atomic E-state index is -3.59. The van der Waals surface area contributed by atoms with Gasteiger partial charge in [-0.25, -0.2) is 8.42 Å². The first kappa shape index (κ1) is 19.9. The van der Waals surface area contributed by atoms with Gasteiger partial charge in [0.1, 0.15) is 4.33 Å². The van der Waals surface area contributed by atoms with Crippen molar-refractivity contribution in [1.82, 2.24) is 4.31 Å². The molecule has 1 aliphatic heterocycles. The molecule has 0 spiro atoms. The maximum atomic E-state index is 13.1. The fourth-order valence-electron chi connectivity index (χ4n) is 3.29. The summed E-state index contributed by atoms with van der Waals surface area (Å²) in [4.78, 5) is 12.7. The van der Waals surface area contributed by atoms with E-state index in [4.69, 9.17) is 23.2 Å². The van der Waals surface area contributed by atoms with Crippen molar-refractivity contribution in [2.24, 2.45) is 5.41 Å². The van der Waals surface area contributed by atoms with E-state index in [2.05, 4.69) is 5.32 Å². The van der Waals surface area contributed by atoms with Crippen molar-refractivity contribution in [2.75, 3.05) is 18.4 Å². The molecule has 1 aliphatic carbocycles. The predicted octanol–water partition coefficient (Wildman–Crippen LogP) is 4.08. The molecule has 1 aromatic rings. The summed E-state index contributed by atoms with van der Waals surface area (Å²) < 4.78 is 26.7. The third kappa shape index (κ3) is 3.61. The summed E-state index contributed by atoms with van der Waals surface area (Å²) in [6, 6.07) is 4.94. The van der Waals surface area contributed by atoms with Gasteiger partial charge in [-0.05, 0) is 50.8 Å². The average Bonchev–Trinajstić information content (AvgIpc) is 3.20. The molecule has 2 fully saturated rings. The summed E-state index contributed by atoms with van der Waals surface area (Å²) in [6.07, 6.45) is 4.23. The Morgan fingerprint density at radius 3 is 2.27 bits per heavy atom. The third-order valence-corrected chi connectivity index (χ3v) is 8.53. The number of aryl methyl sites for hydroxylation is 1. The summed E-state index contributed by atoms with van der Waals surface area (Å²) in [7, 11) is -3.59. The quantitative estimate of drug-likeness (QED) is 0.748. The zero-order valence-corrected chi connectivity index (χ0v) is 17.3. The molecule has 26 heavy (non-hydrogen) atoms. The van der Waals surface area contributed by atoms with E-state index in [0.29, 0.717) is 30.8 Å². The smallest absolute Gasteiger partial charge is 0.243 e. The van der Waals surface area contributed by atoms with Gasteiger partial charge in [-0.3, -0.25) is 4.79 Å². The molecule has 0 aromatic heterocycles. The van der Waals surface area contributed by atoms with E-state index in [1.165, 1.54) is 6.07 Å². The third-order valence-electron chi connectivity index (χ3n) is 5.39. The Balaban J connectivity index is 1.85. The first-order valence-electron chi connectivity index (χ1n) is 8.88. The second-order valence-electron chi connectivity index (χ2n) is 7.47. The van der Waals surface area contributed by atoms with E-state index in [-0.39, 0.29) is 10.8 Å². The number of nitrogens with zero attached hydrogens (tertiary/aromatic N) is 1. The maximum absolute atomic E-state index is 13.1. The Morgan fingerprint density at radius 1 is 1.15 bits per heavy atom. The number of carbonyl (C=O) groups is 1. The number of hydrogen-bond acceptors (Lipinski definition) is 3. The molecule has 1 aromatic carbocycles. The van der Waals surface area contributed by atoms with Gasteiger partial charge < -0.3 is 5.32 Å². The van der Waals surface area contributed by atoms with E-state index < -0.39 is 19.8 Å². The van der Waals surface area contributed by atoms with Gasteiger partial charge in [-0.15, -0.1) is 23.2 Å². The van der Waals surface area contributed by atoms with Crippen LogP contribution >= 0.6 is 23.2 Å². The Labute approximate surface area is 165 Å². The largest absolute Gasteiger partial charge is 0.325 e. The van der Waals surface area contributed by atoms with Crippen LogP contribution in [-0.4, -0.2) is 36.1 Å². The first-order valence-corrected chi connectivity index (χ1v) is 11.1. The van der Waals surface area contributed by atoms with Crippen LogP contribution in [0.25, 0.3) is 0 Å². The molecule has 1 saturated heterocycles. The number of alkyl halides is 2. The molecule has 2 aliphatic rings. The van der Waals surface area contributed by atoms with Crippen molar-refractivity contribution in [1.29, 1.82) is 0 Å². The summed E-state index contributed by atoms with van der Waals surface area (Å²) in [5, 5.41) is 2.76. The predicted molar refractivity (Wildman–Crippen MR) is 104 cm³/mol. The Bertz CT molecular complexity index is 818. The van der Waals surface area contributed by atoms with Gasteiger partial charge in [-0.2, -0.15) is 4.31 Å². The molecule has 8 heteroatoms. The van der Waals surface area contributed by atoms with E-state index >= 15 is 0 Å². The zero-order chi connectivity index (χ0) is 19.2. The molecule has 3 rings (SSSR count). The molecule has 0 bridgehead atoms. The van der Waals surface area contributed by atoms with E-state index in [0.717, 1.165) is 25.7 Å². The molecule has 1 amide bonds. The van der Waals surface area contributed by atoms with Crippen LogP contribution in [0.15, 0.2) is 23.1 Å². The lowest BCUT2D eigenvalue weighted by atomic mass is 10.1. The number of amides is 1. The monoisotopic (exact) mass is 418 g/mol. The van der Waals surface area contributed by atoms with Crippen LogP contribution in [0.2, 0.25) is 0 Å². The highest BCUT2D eigenvalue weighted by molar-refractivity contribution is 7.89. The van der Waals surface area contributed by atoms with E-state index in [1.54, 1.807) is 30.3 Å². The van der Waals surface area contributed by atoms with Crippen molar-refractivity contribution in [3.63, 3.8) is 0 Å². The number of sulfonamides is 1. The number of anilines is 1.